The number of fused-ring (bicyclic) bond motifs is 1. The van der Waals surface area contributed by atoms with E-state index in [9.17, 15) is 4.79 Å². The van der Waals surface area contributed by atoms with Gasteiger partial charge in [0.05, 0.1) is 18.9 Å². The number of methoxy groups -OCH3 is 1. The van der Waals surface area contributed by atoms with Crippen LogP contribution in [0.1, 0.15) is 21.5 Å². The summed E-state index contributed by atoms with van der Waals surface area (Å²) in [5.74, 6) is 0.590. The van der Waals surface area contributed by atoms with Crippen LogP contribution in [-0.2, 0) is 13.0 Å². The molecule has 1 aromatic heterocycles. The molecule has 4 rings (SSSR count). The number of ether oxygens (including phenoxy) is 1. The molecule has 0 atom stereocenters. The minimum Gasteiger partial charge on any atom is -0.496 e. The maximum absolute atomic E-state index is 13.0. The smallest absolute Gasteiger partial charge is 0.257 e. The van der Waals surface area contributed by atoms with Gasteiger partial charge in [-0.25, -0.2) is 0 Å². The van der Waals surface area contributed by atoms with Crippen LogP contribution in [0, 0.1) is 0 Å². The highest BCUT2D eigenvalue weighted by Crippen LogP contribution is 2.29. The Hall–Kier alpha value is -3.08. The monoisotopic (exact) mass is 333 g/mol. The maximum Gasteiger partial charge on any atom is 0.257 e. The van der Waals surface area contributed by atoms with Crippen LogP contribution in [0.5, 0.6) is 5.75 Å². The zero-order valence-corrected chi connectivity index (χ0v) is 14.0. The van der Waals surface area contributed by atoms with Crippen LogP contribution in [0.4, 0.5) is 0 Å². The van der Waals surface area contributed by atoms with E-state index in [1.54, 1.807) is 13.3 Å². The van der Waals surface area contributed by atoms with E-state index in [1.165, 1.54) is 11.1 Å². The lowest BCUT2D eigenvalue weighted by Gasteiger charge is -2.29. The van der Waals surface area contributed by atoms with E-state index < -0.39 is 0 Å². The standard InChI is InChI=1S/C20H19N3O2/c1-25-19-10-15(17-11-21-22-12-17)6-7-18(19)20(24)23-9-8-14-4-2-3-5-16(14)13-23/h2-7,10-12H,8-9,13H2,1H3,(H,21,22). The Morgan fingerprint density at radius 2 is 2.00 bits per heavy atom. The van der Waals surface area contributed by atoms with Crippen LogP contribution < -0.4 is 4.74 Å². The van der Waals surface area contributed by atoms with Crippen LogP contribution in [-0.4, -0.2) is 34.7 Å². The largest absolute Gasteiger partial charge is 0.496 e. The van der Waals surface area contributed by atoms with Gasteiger partial charge in [-0.05, 0) is 35.2 Å². The number of aromatic amines is 1. The number of hydrogen-bond donors (Lipinski definition) is 1. The van der Waals surface area contributed by atoms with Crippen LogP contribution >= 0.6 is 0 Å². The van der Waals surface area contributed by atoms with E-state index in [-0.39, 0.29) is 5.91 Å². The SMILES string of the molecule is COc1cc(-c2cn[nH]c2)ccc1C(=O)N1CCc2ccccc2C1. The van der Waals surface area contributed by atoms with E-state index in [1.807, 2.05) is 41.4 Å². The first-order valence-corrected chi connectivity index (χ1v) is 8.29. The predicted molar refractivity (Wildman–Crippen MR) is 95.5 cm³/mol. The fraction of sp³-hybridized carbons (Fsp3) is 0.200. The fourth-order valence-electron chi connectivity index (χ4n) is 3.30. The molecule has 2 heterocycles. The zero-order chi connectivity index (χ0) is 17.2. The maximum atomic E-state index is 13.0. The molecule has 0 radical (unpaired) electrons. The van der Waals surface area contributed by atoms with E-state index in [4.69, 9.17) is 4.74 Å². The Kier molecular flexibility index (Phi) is 3.98. The Balaban J connectivity index is 1.62. The van der Waals surface area contributed by atoms with Crippen LogP contribution in [0.25, 0.3) is 11.1 Å². The average Bonchev–Trinajstić information content (AvgIpc) is 3.21. The Bertz CT molecular complexity index is 903. The Labute approximate surface area is 146 Å². The number of carbonyl (C=O) groups is 1. The molecule has 0 aliphatic carbocycles. The molecule has 0 unspecified atom stereocenters. The molecule has 1 aliphatic rings. The molecule has 2 aromatic carbocycles. The number of aromatic nitrogens is 2. The summed E-state index contributed by atoms with van der Waals surface area (Å²) in [6.07, 6.45) is 4.45. The lowest BCUT2D eigenvalue weighted by atomic mass is 9.98. The van der Waals surface area contributed by atoms with Gasteiger partial charge in [0.25, 0.3) is 5.91 Å². The van der Waals surface area contributed by atoms with E-state index in [0.29, 0.717) is 17.9 Å². The van der Waals surface area contributed by atoms with Crippen molar-refractivity contribution in [3.05, 3.63) is 71.5 Å². The summed E-state index contributed by atoms with van der Waals surface area (Å²) in [5.41, 5.74) is 5.06. The molecule has 0 saturated carbocycles. The molecular formula is C20H19N3O2. The van der Waals surface area contributed by atoms with Gasteiger partial charge in [-0.2, -0.15) is 5.10 Å². The number of H-pyrrole nitrogens is 1. The molecule has 25 heavy (non-hydrogen) atoms. The number of benzene rings is 2. The second-order valence-electron chi connectivity index (χ2n) is 6.15. The molecule has 126 valence electrons. The highest BCUT2D eigenvalue weighted by molar-refractivity contribution is 5.97. The van der Waals surface area contributed by atoms with Crippen molar-refractivity contribution in [2.45, 2.75) is 13.0 Å². The van der Waals surface area contributed by atoms with Gasteiger partial charge in [0.1, 0.15) is 5.75 Å². The number of nitrogens with zero attached hydrogens (tertiary/aromatic N) is 2. The first-order valence-electron chi connectivity index (χ1n) is 8.29. The van der Waals surface area contributed by atoms with E-state index >= 15 is 0 Å². The zero-order valence-electron chi connectivity index (χ0n) is 14.0. The third-order valence-electron chi connectivity index (χ3n) is 4.68. The molecule has 0 bridgehead atoms. The lowest BCUT2D eigenvalue weighted by Crippen LogP contribution is -2.36. The molecule has 0 saturated heterocycles. The third kappa shape index (κ3) is 2.89. The topological polar surface area (TPSA) is 58.2 Å². The normalized spacial score (nSPS) is 13.4. The van der Waals surface area contributed by atoms with Gasteiger partial charge in [0.15, 0.2) is 0 Å². The summed E-state index contributed by atoms with van der Waals surface area (Å²) in [4.78, 5) is 14.9. The molecule has 3 aromatic rings. The number of carbonyl (C=O) groups excluding carboxylic acids is 1. The van der Waals surface area contributed by atoms with Gasteiger partial charge in [0, 0.05) is 24.8 Å². The van der Waals surface area contributed by atoms with E-state index in [0.717, 1.165) is 24.1 Å². The van der Waals surface area contributed by atoms with Gasteiger partial charge >= 0.3 is 0 Å². The van der Waals surface area contributed by atoms with Crippen molar-refractivity contribution in [3.63, 3.8) is 0 Å². The van der Waals surface area contributed by atoms with Crippen molar-refractivity contribution in [1.29, 1.82) is 0 Å². The van der Waals surface area contributed by atoms with Gasteiger partial charge in [0.2, 0.25) is 0 Å². The summed E-state index contributed by atoms with van der Waals surface area (Å²) >= 11 is 0. The quantitative estimate of drug-likeness (QED) is 0.800. The second kappa shape index (κ2) is 6.43. The first-order chi connectivity index (χ1) is 12.3. The van der Waals surface area contributed by atoms with E-state index in [2.05, 4.69) is 22.3 Å². The lowest BCUT2D eigenvalue weighted by molar-refractivity contribution is 0.0731. The van der Waals surface area contributed by atoms with Gasteiger partial charge in [-0.15, -0.1) is 0 Å². The fourth-order valence-corrected chi connectivity index (χ4v) is 3.30. The highest BCUT2D eigenvalue weighted by Gasteiger charge is 2.24. The number of amides is 1. The minimum atomic E-state index is 0.00472. The number of rotatable bonds is 3. The van der Waals surface area contributed by atoms with Crippen molar-refractivity contribution >= 4 is 5.91 Å². The summed E-state index contributed by atoms with van der Waals surface area (Å²) in [6.45, 7) is 1.37. The third-order valence-corrected chi connectivity index (χ3v) is 4.68. The summed E-state index contributed by atoms with van der Waals surface area (Å²) in [5, 5.41) is 6.76. The first kappa shape index (κ1) is 15.4. The highest BCUT2D eigenvalue weighted by atomic mass is 16.5. The van der Waals surface area contributed by atoms with Crippen LogP contribution in [0.15, 0.2) is 54.9 Å². The van der Waals surface area contributed by atoms with Gasteiger partial charge in [-0.3, -0.25) is 9.89 Å². The Morgan fingerprint density at radius 3 is 2.76 bits per heavy atom. The van der Waals surface area contributed by atoms with Crippen molar-refractivity contribution in [1.82, 2.24) is 15.1 Å². The van der Waals surface area contributed by atoms with Gasteiger partial charge in [-0.1, -0.05) is 30.3 Å². The molecule has 5 heteroatoms. The number of nitrogens with one attached hydrogen (secondary N) is 1. The number of hydrogen-bond acceptors (Lipinski definition) is 3. The predicted octanol–water partition coefficient (Wildman–Crippen LogP) is 3.28. The Morgan fingerprint density at radius 1 is 1.16 bits per heavy atom. The molecule has 0 spiro atoms. The summed E-state index contributed by atoms with van der Waals surface area (Å²) in [7, 11) is 1.59. The van der Waals surface area contributed by atoms with Crippen molar-refractivity contribution in [3.8, 4) is 16.9 Å². The molecule has 0 fully saturated rings. The van der Waals surface area contributed by atoms with Crippen molar-refractivity contribution in [2.75, 3.05) is 13.7 Å². The summed E-state index contributed by atoms with van der Waals surface area (Å²) < 4.78 is 5.49. The van der Waals surface area contributed by atoms with Gasteiger partial charge < -0.3 is 9.64 Å². The molecule has 1 aliphatic heterocycles. The van der Waals surface area contributed by atoms with Crippen LogP contribution in [0.3, 0.4) is 0 Å². The molecule has 5 nitrogen and oxygen atoms in total. The average molecular weight is 333 g/mol. The second-order valence-corrected chi connectivity index (χ2v) is 6.15. The minimum absolute atomic E-state index is 0.00472. The van der Waals surface area contributed by atoms with Crippen molar-refractivity contribution in [2.24, 2.45) is 0 Å². The molecular weight excluding hydrogens is 314 g/mol. The summed E-state index contributed by atoms with van der Waals surface area (Å²) in [6, 6.07) is 13.9. The van der Waals surface area contributed by atoms with Crippen molar-refractivity contribution < 1.29 is 9.53 Å². The molecule has 1 N–H and O–H groups in total. The van der Waals surface area contributed by atoms with Crippen LogP contribution in [0.2, 0.25) is 0 Å². The molecule has 1 amide bonds.